The molecule has 21 heavy (non-hydrogen) atoms. The van der Waals surface area contributed by atoms with Gasteiger partial charge in [0.05, 0.1) is 12.4 Å². The molecule has 0 amide bonds. The highest BCUT2D eigenvalue weighted by atomic mass is 16.3. The Labute approximate surface area is 128 Å². The molecule has 0 atom stereocenters. The van der Waals surface area contributed by atoms with Crippen molar-refractivity contribution in [2.24, 2.45) is 0 Å². The maximum Gasteiger partial charge on any atom is 0.196 e. The van der Waals surface area contributed by atoms with E-state index in [1.165, 1.54) is 6.07 Å². The maximum atomic E-state index is 13.1. The molecule has 1 aromatic heterocycles. The van der Waals surface area contributed by atoms with E-state index in [0.717, 1.165) is 10.8 Å². The Kier molecular flexibility index (Phi) is 1.71. The summed E-state index contributed by atoms with van der Waals surface area (Å²) in [6.45, 7) is 0. The number of para-hydroxylation sites is 2. The van der Waals surface area contributed by atoms with Crippen LogP contribution in [0.5, 0.6) is 0 Å². The molecular formula is C19H12O2. The van der Waals surface area contributed by atoms with Crippen LogP contribution in [0.15, 0.2) is 77.1 Å². The molecule has 2 heteroatoms. The highest BCUT2D eigenvalue weighted by Crippen LogP contribution is 2.31. The largest absolute Gasteiger partial charge is 0.455 e. The first-order chi connectivity index (χ1) is 12.4. The van der Waals surface area contributed by atoms with Gasteiger partial charge in [-0.3, -0.25) is 4.79 Å². The number of furan rings is 1. The molecule has 0 aliphatic rings. The van der Waals surface area contributed by atoms with E-state index in [2.05, 4.69) is 0 Å². The van der Waals surface area contributed by atoms with Crippen LogP contribution in [0.4, 0.5) is 0 Å². The van der Waals surface area contributed by atoms with E-state index in [9.17, 15) is 4.79 Å². The second-order valence-corrected chi connectivity index (χ2v) is 4.61. The first-order valence-corrected chi connectivity index (χ1v) is 6.43. The molecule has 0 spiro atoms. The van der Waals surface area contributed by atoms with Crippen molar-refractivity contribution in [2.75, 3.05) is 0 Å². The lowest BCUT2D eigenvalue weighted by molar-refractivity contribution is 0.103. The SMILES string of the molecule is [2H]c1c([2H])c([2H])c(C(=O)c2cccc3c2oc2ccccc23)c([2H])c1[2H]. The van der Waals surface area contributed by atoms with Gasteiger partial charge in [-0.1, -0.05) is 60.5 Å². The van der Waals surface area contributed by atoms with Gasteiger partial charge in [-0.25, -0.2) is 0 Å². The summed E-state index contributed by atoms with van der Waals surface area (Å²) in [7, 11) is 0. The molecule has 0 aliphatic carbocycles. The predicted molar refractivity (Wildman–Crippen MR) is 83.6 cm³/mol. The normalized spacial score (nSPS) is 14.4. The van der Waals surface area contributed by atoms with Crippen molar-refractivity contribution in [3.63, 3.8) is 0 Å². The third-order valence-electron chi connectivity index (χ3n) is 3.38. The van der Waals surface area contributed by atoms with Gasteiger partial charge in [0.2, 0.25) is 0 Å². The topological polar surface area (TPSA) is 30.2 Å². The van der Waals surface area contributed by atoms with Crippen molar-refractivity contribution < 1.29 is 16.1 Å². The Morgan fingerprint density at radius 1 is 0.905 bits per heavy atom. The number of fused-ring (bicyclic) bond motifs is 3. The lowest BCUT2D eigenvalue weighted by atomic mass is 10.0. The van der Waals surface area contributed by atoms with Gasteiger partial charge in [0.25, 0.3) is 0 Å². The summed E-state index contributed by atoms with van der Waals surface area (Å²) in [5, 5.41) is 1.58. The van der Waals surface area contributed by atoms with Crippen molar-refractivity contribution >= 4 is 27.7 Å². The fourth-order valence-corrected chi connectivity index (χ4v) is 2.42. The van der Waals surface area contributed by atoms with Gasteiger partial charge in [0, 0.05) is 16.3 Å². The highest BCUT2D eigenvalue weighted by Gasteiger charge is 2.16. The van der Waals surface area contributed by atoms with Gasteiger partial charge in [0.15, 0.2) is 5.78 Å². The van der Waals surface area contributed by atoms with Crippen molar-refractivity contribution in [1.29, 1.82) is 0 Å². The Morgan fingerprint density at radius 2 is 1.67 bits per heavy atom. The van der Waals surface area contributed by atoms with Gasteiger partial charge in [-0.15, -0.1) is 0 Å². The second kappa shape index (κ2) is 4.60. The molecule has 0 N–H and O–H groups in total. The number of hydrogen-bond donors (Lipinski definition) is 0. The number of benzene rings is 3. The molecule has 0 unspecified atom stereocenters. The summed E-state index contributed by atoms with van der Waals surface area (Å²) in [6, 6.07) is 9.75. The number of carbonyl (C=O) groups excluding carboxylic acids is 1. The van der Waals surface area contributed by atoms with Crippen molar-refractivity contribution in [2.45, 2.75) is 0 Å². The lowest BCUT2D eigenvalue weighted by Crippen LogP contribution is -2.00. The fourth-order valence-electron chi connectivity index (χ4n) is 2.42. The summed E-state index contributed by atoms with van der Waals surface area (Å²) in [5.74, 6) is -0.661. The quantitative estimate of drug-likeness (QED) is 0.492. The second-order valence-electron chi connectivity index (χ2n) is 4.61. The fraction of sp³-hybridized carbons (Fsp3) is 0. The van der Waals surface area contributed by atoms with Gasteiger partial charge < -0.3 is 4.42 Å². The number of hydrogen-bond acceptors (Lipinski definition) is 2. The Hall–Kier alpha value is -2.87. The summed E-state index contributed by atoms with van der Waals surface area (Å²) in [6.07, 6.45) is 0. The Morgan fingerprint density at radius 3 is 2.52 bits per heavy atom. The number of carbonyl (C=O) groups is 1. The molecule has 0 radical (unpaired) electrons. The van der Waals surface area contributed by atoms with Gasteiger partial charge in [-0.05, 0) is 12.1 Å². The van der Waals surface area contributed by atoms with Gasteiger partial charge in [0.1, 0.15) is 11.2 Å². The molecular weight excluding hydrogens is 260 g/mol. The van der Waals surface area contributed by atoms with E-state index in [1.807, 2.05) is 24.3 Å². The molecule has 0 saturated heterocycles. The van der Waals surface area contributed by atoms with Crippen LogP contribution in [-0.4, -0.2) is 5.78 Å². The first-order valence-electron chi connectivity index (χ1n) is 8.93. The molecule has 0 fully saturated rings. The lowest BCUT2D eigenvalue weighted by Gasteiger charge is -2.01. The molecule has 3 aromatic carbocycles. The van der Waals surface area contributed by atoms with Crippen LogP contribution in [0.2, 0.25) is 0 Å². The van der Waals surface area contributed by atoms with E-state index < -0.39 is 36.0 Å². The molecule has 0 aliphatic heterocycles. The number of ketones is 1. The van der Waals surface area contributed by atoms with Gasteiger partial charge in [-0.2, -0.15) is 0 Å². The van der Waals surface area contributed by atoms with Crippen molar-refractivity contribution in [3.8, 4) is 0 Å². The highest BCUT2D eigenvalue weighted by molar-refractivity contribution is 6.18. The third-order valence-corrected chi connectivity index (χ3v) is 3.38. The molecule has 4 aromatic rings. The molecule has 2 nitrogen and oxygen atoms in total. The average Bonchev–Trinajstić information content (AvgIpc) is 3.03. The molecule has 0 saturated carbocycles. The minimum Gasteiger partial charge on any atom is -0.455 e. The zero-order chi connectivity index (χ0) is 18.6. The van der Waals surface area contributed by atoms with Crippen LogP contribution in [0.25, 0.3) is 21.9 Å². The zero-order valence-corrected chi connectivity index (χ0v) is 10.9. The standard InChI is InChI=1S/C19H12O2/c20-18(13-7-2-1-3-8-13)16-11-6-10-15-14-9-4-5-12-17(14)21-19(15)16/h1-12H/i1D,2D,3D,7D,8D. The van der Waals surface area contributed by atoms with Crippen LogP contribution >= 0.6 is 0 Å². The first kappa shape index (κ1) is 7.79. The summed E-state index contributed by atoms with van der Waals surface area (Å²) in [5.41, 5.74) is 0.760. The summed E-state index contributed by atoms with van der Waals surface area (Å²) >= 11 is 0. The van der Waals surface area contributed by atoms with Crippen LogP contribution in [-0.2, 0) is 0 Å². The summed E-state index contributed by atoms with van der Waals surface area (Å²) in [4.78, 5) is 13.1. The minimum absolute atomic E-state index is 0.164. The molecule has 0 bridgehead atoms. The van der Waals surface area contributed by atoms with Crippen LogP contribution in [0.3, 0.4) is 0 Å². The zero-order valence-electron chi connectivity index (χ0n) is 15.9. The minimum atomic E-state index is -0.661. The van der Waals surface area contributed by atoms with Crippen LogP contribution < -0.4 is 0 Å². The Bertz CT molecular complexity index is 1180. The smallest absolute Gasteiger partial charge is 0.196 e. The van der Waals surface area contributed by atoms with E-state index in [-0.39, 0.29) is 11.1 Å². The van der Waals surface area contributed by atoms with E-state index in [4.69, 9.17) is 11.3 Å². The van der Waals surface area contributed by atoms with E-state index >= 15 is 0 Å². The summed E-state index contributed by atoms with van der Waals surface area (Å²) < 4.78 is 45.0. The van der Waals surface area contributed by atoms with Crippen LogP contribution in [0, 0.1) is 0 Å². The van der Waals surface area contributed by atoms with Crippen molar-refractivity contribution in [1.82, 2.24) is 0 Å². The molecule has 1 heterocycles. The van der Waals surface area contributed by atoms with E-state index in [0.29, 0.717) is 11.2 Å². The van der Waals surface area contributed by atoms with Crippen molar-refractivity contribution in [3.05, 3.63) is 83.8 Å². The molecule has 100 valence electrons. The average molecular weight is 277 g/mol. The number of rotatable bonds is 2. The monoisotopic (exact) mass is 277 g/mol. The van der Waals surface area contributed by atoms with Gasteiger partial charge >= 0.3 is 0 Å². The third kappa shape index (κ3) is 1.84. The van der Waals surface area contributed by atoms with E-state index in [1.54, 1.807) is 12.1 Å². The molecule has 4 rings (SSSR count). The Balaban J connectivity index is 2.02. The van der Waals surface area contributed by atoms with Crippen LogP contribution in [0.1, 0.15) is 22.8 Å². The maximum absolute atomic E-state index is 13.1. The predicted octanol–water partition coefficient (Wildman–Crippen LogP) is 4.82.